The molecular weight excluding hydrogens is 384 g/mol. The molecule has 2 aliphatic rings. The van der Waals surface area contributed by atoms with Crippen molar-refractivity contribution in [1.82, 2.24) is 10.6 Å². The fourth-order valence-corrected chi connectivity index (χ4v) is 4.98. The van der Waals surface area contributed by atoms with Gasteiger partial charge >= 0.3 is 5.97 Å². The largest absolute Gasteiger partial charge is 0.469 e. The van der Waals surface area contributed by atoms with Crippen LogP contribution in [-0.4, -0.2) is 32.1 Å². The maximum Gasteiger partial charge on any atom is 0.309 e. The predicted octanol–water partition coefficient (Wildman–Crippen LogP) is 2.75. The molecule has 0 spiro atoms. The van der Waals surface area contributed by atoms with Gasteiger partial charge < -0.3 is 15.4 Å². The number of fused-ring (bicyclic) bond motifs is 1. The van der Waals surface area contributed by atoms with Crippen molar-refractivity contribution in [2.45, 2.75) is 18.9 Å². The zero-order chi connectivity index (χ0) is 18.1. The number of nitrogens with one attached hydrogen (secondary N) is 2. The Hall–Kier alpha value is -1.89. The second kappa shape index (κ2) is 8.42. The Morgan fingerprint density at radius 1 is 1.30 bits per heavy atom. The number of methoxy groups -OCH3 is 1. The summed E-state index contributed by atoms with van der Waals surface area (Å²) in [5, 5.41) is 6.35. The number of thiophene rings is 1. The Morgan fingerprint density at radius 3 is 2.78 bits per heavy atom. The molecule has 2 heterocycles. The summed E-state index contributed by atoms with van der Waals surface area (Å²) in [5.41, 5.74) is 2.35. The van der Waals surface area contributed by atoms with Gasteiger partial charge in [0.15, 0.2) is 0 Å². The zero-order valence-corrected chi connectivity index (χ0v) is 16.7. The highest BCUT2D eigenvalue weighted by Gasteiger charge is 2.56. The van der Waals surface area contributed by atoms with Gasteiger partial charge in [-0.2, -0.15) is 0 Å². The van der Waals surface area contributed by atoms with Crippen LogP contribution in [0.1, 0.15) is 31.6 Å². The summed E-state index contributed by atoms with van der Waals surface area (Å²) in [5.74, 6) is -0.222. The third kappa shape index (κ3) is 4.03. The van der Waals surface area contributed by atoms with E-state index in [0.29, 0.717) is 6.54 Å². The van der Waals surface area contributed by atoms with Crippen LogP contribution in [-0.2, 0) is 22.5 Å². The number of hydrogen-bond acceptors (Lipinski definition) is 5. The number of esters is 1. The molecule has 1 aromatic heterocycles. The Balaban J connectivity index is 0.00000210. The lowest BCUT2D eigenvalue weighted by atomic mass is 10.1. The fraction of sp³-hybridized carbons (Fsp3) is 0.400. The molecule has 0 bridgehead atoms. The lowest BCUT2D eigenvalue weighted by Crippen LogP contribution is -2.26. The van der Waals surface area contributed by atoms with Gasteiger partial charge in [0.1, 0.15) is 0 Å². The van der Waals surface area contributed by atoms with Crippen LogP contribution in [0.15, 0.2) is 36.4 Å². The monoisotopic (exact) mass is 406 g/mol. The van der Waals surface area contributed by atoms with Crippen molar-refractivity contribution in [3.8, 4) is 0 Å². The molecule has 27 heavy (non-hydrogen) atoms. The van der Waals surface area contributed by atoms with E-state index in [2.05, 4.69) is 10.6 Å². The number of amides is 1. The highest BCUT2D eigenvalue weighted by atomic mass is 35.5. The van der Waals surface area contributed by atoms with Gasteiger partial charge in [-0.05, 0) is 29.5 Å². The van der Waals surface area contributed by atoms with Crippen molar-refractivity contribution in [2.24, 2.45) is 11.8 Å². The van der Waals surface area contributed by atoms with Gasteiger partial charge in [-0.25, -0.2) is 0 Å². The molecule has 0 radical (unpaired) electrons. The van der Waals surface area contributed by atoms with Gasteiger partial charge in [-0.15, -0.1) is 23.7 Å². The highest BCUT2D eigenvalue weighted by molar-refractivity contribution is 7.14. The lowest BCUT2D eigenvalue weighted by molar-refractivity contribution is -0.142. The molecule has 144 valence electrons. The molecule has 1 aromatic carbocycles. The summed E-state index contributed by atoms with van der Waals surface area (Å²) in [6, 6.07) is 12.0. The summed E-state index contributed by atoms with van der Waals surface area (Å²) >= 11 is 1.58. The Bertz CT molecular complexity index is 800. The summed E-state index contributed by atoms with van der Waals surface area (Å²) in [6.45, 7) is 2.29. The first-order valence-corrected chi connectivity index (χ1v) is 9.74. The van der Waals surface area contributed by atoms with Crippen molar-refractivity contribution in [1.29, 1.82) is 0 Å². The molecular formula is C20H23ClN2O3S. The van der Waals surface area contributed by atoms with Crippen molar-refractivity contribution in [3.05, 3.63) is 57.3 Å². The Labute approximate surface area is 168 Å². The Kier molecular flexibility index (Phi) is 6.19. The number of ether oxygens (including phenoxy) is 1. The molecule has 5 nitrogen and oxygen atoms in total. The molecule has 1 aliphatic carbocycles. The molecule has 4 rings (SSSR count). The molecule has 1 fully saturated rings. The summed E-state index contributed by atoms with van der Waals surface area (Å²) in [7, 11) is 1.42. The molecule has 1 aliphatic heterocycles. The van der Waals surface area contributed by atoms with Crippen LogP contribution in [0, 0.1) is 11.8 Å². The van der Waals surface area contributed by atoms with Gasteiger partial charge in [-0.1, -0.05) is 30.3 Å². The second-order valence-electron chi connectivity index (χ2n) is 6.85. The summed E-state index contributed by atoms with van der Waals surface area (Å²) < 4.78 is 4.95. The molecule has 2 aromatic rings. The van der Waals surface area contributed by atoms with Crippen molar-refractivity contribution in [2.75, 3.05) is 20.2 Å². The van der Waals surface area contributed by atoms with Crippen LogP contribution in [0.3, 0.4) is 0 Å². The lowest BCUT2D eigenvalue weighted by Gasteiger charge is -2.10. The number of rotatable bonds is 5. The summed E-state index contributed by atoms with van der Waals surface area (Å²) in [4.78, 5) is 26.7. The van der Waals surface area contributed by atoms with Crippen LogP contribution in [0.4, 0.5) is 0 Å². The SMILES string of the molecule is COC(=O)C1C(CNC(=O)c2cc3c(s2)CCNC3)C1c1ccccc1.Cl. The average Bonchev–Trinajstić information content (AvgIpc) is 3.24. The van der Waals surface area contributed by atoms with Crippen LogP contribution < -0.4 is 10.6 Å². The second-order valence-corrected chi connectivity index (χ2v) is 7.98. The molecule has 7 heteroatoms. The number of benzene rings is 1. The molecule has 1 amide bonds. The van der Waals surface area contributed by atoms with E-state index in [1.54, 1.807) is 11.3 Å². The first-order chi connectivity index (χ1) is 12.7. The predicted molar refractivity (Wildman–Crippen MR) is 107 cm³/mol. The highest BCUT2D eigenvalue weighted by Crippen LogP contribution is 2.54. The van der Waals surface area contributed by atoms with E-state index in [9.17, 15) is 9.59 Å². The average molecular weight is 407 g/mol. The zero-order valence-electron chi connectivity index (χ0n) is 15.1. The standard InChI is InChI=1S/C20H22N2O3S.ClH/c1-25-20(24)18-14(17(18)12-5-3-2-4-6-12)11-22-19(23)16-9-13-10-21-8-7-15(13)26-16;/h2-6,9,14,17-18,21H,7-8,10-11H2,1H3,(H,22,23);1H. The number of halogens is 1. The minimum atomic E-state index is -0.198. The van der Waals surface area contributed by atoms with E-state index in [-0.39, 0.29) is 42.0 Å². The minimum Gasteiger partial charge on any atom is -0.469 e. The molecule has 0 saturated heterocycles. The summed E-state index contributed by atoms with van der Waals surface area (Å²) in [6.07, 6.45) is 0.983. The van der Waals surface area contributed by atoms with Crippen molar-refractivity contribution < 1.29 is 14.3 Å². The van der Waals surface area contributed by atoms with E-state index in [1.807, 2.05) is 36.4 Å². The van der Waals surface area contributed by atoms with E-state index >= 15 is 0 Å². The maximum absolute atomic E-state index is 12.5. The normalized spacial score (nSPS) is 22.9. The Morgan fingerprint density at radius 2 is 2.07 bits per heavy atom. The third-order valence-corrected chi connectivity index (χ3v) is 6.53. The minimum absolute atomic E-state index is 0. The number of hydrogen-bond donors (Lipinski definition) is 2. The molecule has 3 unspecified atom stereocenters. The van der Waals surface area contributed by atoms with Crippen LogP contribution >= 0.6 is 23.7 Å². The third-order valence-electron chi connectivity index (χ3n) is 5.29. The van der Waals surface area contributed by atoms with Gasteiger partial charge in [0.25, 0.3) is 5.91 Å². The molecule has 2 N–H and O–H groups in total. The topological polar surface area (TPSA) is 67.4 Å². The van der Waals surface area contributed by atoms with Gasteiger partial charge in [0.05, 0.1) is 17.9 Å². The quantitative estimate of drug-likeness (QED) is 0.749. The van der Waals surface area contributed by atoms with Crippen molar-refractivity contribution >= 4 is 35.6 Å². The number of carbonyl (C=O) groups is 2. The number of carbonyl (C=O) groups excluding carboxylic acids is 2. The first-order valence-electron chi connectivity index (χ1n) is 8.92. The van der Waals surface area contributed by atoms with E-state index < -0.39 is 0 Å². The van der Waals surface area contributed by atoms with Gasteiger partial charge in [0, 0.05) is 30.4 Å². The van der Waals surface area contributed by atoms with Crippen LogP contribution in [0.2, 0.25) is 0 Å². The van der Waals surface area contributed by atoms with Gasteiger partial charge in [-0.3, -0.25) is 9.59 Å². The van der Waals surface area contributed by atoms with E-state index in [0.717, 1.165) is 30.0 Å². The first kappa shape index (κ1) is 19.9. The van der Waals surface area contributed by atoms with Crippen LogP contribution in [0.25, 0.3) is 0 Å². The van der Waals surface area contributed by atoms with E-state index in [4.69, 9.17) is 4.74 Å². The molecule has 1 saturated carbocycles. The van der Waals surface area contributed by atoms with Gasteiger partial charge in [0.2, 0.25) is 0 Å². The van der Waals surface area contributed by atoms with Crippen molar-refractivity contribution in [3.63, 3.8) is 0 Å². The van der Waals surface area contributed by atoms with E-state index in [1.165, 1.54) is 17.6 Å². The fourth-order valence-electron chi connectivity index (χ4n) is 3.88. The molecule has 3 atom stereocenters. The maximum atomic E-state index is 12.5. The van der Waals surface area contributed by atoms with Crippen LogP contribution in [0.5, 0.6) is 0 Å². The smallest absolute Gasteiger partial charge is 0.309 e.